The van der Waals surface area contributed by atoms with Crippen LogP contribution >= 0.6 is 11.8 Å². The van der Waals surface area contributed by atoms with E-state index in [2.05, 4.69) is 10.2 Å². The van der Waals surface area contributed by atoms with Gasteiger partial charge >= 0.3 is 0 Å². The second kappa shape index (κ2) is 6.62. The molecular formula is C16H19FN2OS. The zero-order valence-electron chi connectivity index (χ0n) is 11.8. The first kappa shape index (κ1) is 14.6. The van der Waals surface area contributed by atoms with E-state index < -0.39 is 0 Å². The number of nitrogens with one attached hydrogen (secondary N) is 1. The van der Waals surface area contributed by atoms with Gasteiger partial charge in [0.2, 0.25) is 5.91 Å². The number of piperidine rings is 3. The first-order chi connectivity index (χ1) is 10.2. The van der Waals surface area contributed by atoms with Crippen LogP contribution < -0.4 is 5.32 Å². The number of amides is 1. The summed E-state index contributed by atoms with van der Waals surface area (Å²) in [7, 11) is 0. The molecule has 3 aliphatic heterocycles. The predicted octanol–water partition coefficient (Wildman–Crippen LogP) is 2.64. The lowest BCUT2D eigenvalue weighted by molar-refractivity contribution is -0.118. The van der Waals surface area contributed by atoms with Gasteiger partial charge in [-0.15, -0.1) is 0 Å². The van der Waals surface area contributed by atoms with E-state index in [0.717, 1.165) is 11.4 Å². The molecular weight excluding hydrogens is 287 g/mol. The highest BCUT2D eigenvalue weighted by Gasteiger charge is 2.34. The number of carbonyl (C=O) groups is 1. The highest BCUT2D eigenvalue weighted by Crippen LogP contribution is 2.27. The Morgan fingerprint density at radius 2 is 2.19 bits per heavy atom. The van der Waals surface area contributed by atoms with Crippen LogP contribution in [0.15, 0.2) is 40.6 Å². The fraction of sp³-hybridized carbons (Fsp3) is 0.438. The number of hydrogen-bond acceptors (Lipinski definition) is 3. The van der Waals surface area contributed by atoms with Crippen LogP contribution in [-0.4, -0.2) is 36.5 Å². The molecule has 3 fully saturated rings. The maximum atomic E-state index is 13.0. The summed E-state index contributed by atoms with van der Waals surface area (Å²) in [6.45, 7) is 3.31. The van der Waals surface area contributed by atoms with Gasteiger partial charge in [-0.1, -0.05) is 17.8 Å². The Bertz CT molecular complexity index is 541. The van der Waals surface area contributed by atoms with Crippen molar-refractivity contribution in [3.63, 3.8) is 0 Å². The molecule has 0 radical (unpaired) electrons. The molecule has 0 spiro atoms. The molecule has 1 aromatic carbocycles. The molecule has 5 heteroatoms. The highest BCUT2D eigenvalue weighted by atomic mass is 32.2. The monoisotopic (exact) mass is 306 g/mol. The third-order valence-corrected chi connectivity index (χ3v) is 5.00. The lowest BCUT2D eigenvalue weighted by Gasteiger charge is -2.44. The predicted molar refractivity (Wildman–Crippen MR) is 82.5 cm³/mol. The number of hydrogen-bond donors (Lipinski definition) is 1. The van der Waals surface area contributed by atoms with Crippen molar-refractivity contribution in [1.29, 1.82) is 0 Å². The minimum Gasteiger partial charge on any atom is -0.348 e. The van der Waals surface area contributed by atoms with Crippen LogP contribution in [0.5, 0.6) is 0 Å². The standard InChI is InChI=1S/C16H19FN2OS/c17-13-2-1-3-14(10-13)21-9-6-16(20)18-15-11-19-7-4-12(15)5-8-19/h1-3,6,9-10,12,15H,4-5,7-8,11H2,(H,18,20)/t15-/m0/s1. The highest BCUT2D eigenvalue weighted by molar-refractivity contribution is 8.02. The van der Waals surface area contributed by atoms with E-state index in [1.165, 1.54) is 55.9 Å². The second-order valence-corrected chi connectivity index (χ2v) is 6.61. The van der Waals surface area contributed by atoms with Gasteiger partial charge in [0.1, 0.15) is 5.82 Å². The number of benzene rings is 1. The molecule has 0 aliphatic carbocycles. The minimum absolute atomic E-state index is 0.0577. The van der Waals surface area contributed by atoms with E-state index in [1.54, 1.807) is 11.5 Å². The summed E-state index contributed by atoms with van der Waals surface area (Å²) in [4.78, 5) is 15.1. The van der Waals surface area contributed by atoms with Gasteiger partial charge in [-0.2, -0.15) is 0 Å². The molecule has 0 aromatic heterocycles. The lowest BCUT2D eigenvalue weighted by atomic mass is 9.84. The Balaban J connectivity index is 1.49. The van der Waals surface area contributed by atoms with E-state index in [-0.39, 0.29) is 17.8 Å². The Morgan fingerprint density at radius 3 is 2.86 bits per heavy atom. The fourth-order valence-corrected chi connectivity index (χ4v) is 3.76. The van der Waals surface area contributed by atoms with Crippen molar-refractivity contribution in [1.82, 2.24) is 10.2 Å². The SMILES string of the molecule is O=C(C=CSc1cccc(F)c1)N[C@H]1CN2CCC1CC2. The van der Waals surface area contributed by atoms with Crippen LogP contribution in [0.1, 0.15) is 12.8 Å². The Kier molecular flexibility index (Phi) is 4.60. The van der Waals surface area contributed by atoms with Crippen molar-refractivity contribution in [3.8, 4) is 0 Å². The molecule has 4 rings (SSSR count). The van der Waals surface area contributed by atoms with Crippen molar-refractivity contribution in [3.05, 3.63) is 41.6 Å². The molecule has 1 atom stereocenters. The minimum atomic E-state index is -0.259. The Labute approximate surface area is 128 Å². The van der Waals surface area contributed by atoms with E-state index in [0.29, 0.717) is 5.92 Å². The average Bonchev–Trinajstić information content (AvgIpc) is 2.48. The van der Waals surface area contributed by atoms with Crippen LogP contribution in [0.2, 0.25) is 0 Å². The summed E-state index contributed by atoms with van der Waals surface area (Å²) in [6.07, 6.45) is 3.91. The number of fused-ring (bicyclic) bond motifs is 3. The maximum absolute atomic E-state index is 13.0. The van der Waals surface area contributed by atoms with Crippen LogP contribution in [0.25, 0.3) is 0 Å². The first-order valence-corrected chi connectivity index (χ1v) is 8.20. The van der Waals surface area contributed by atoms with E-state index in [1.807, 2.05) is 6.07 Å². The van der Waals surface area contributed by atoms with Crippen molar-refractivity contribution in [2.75, 3.05) is 19.6 Å². The molecule has 21 heavy (non-hydrogen) atoms. The topological polar surface area (TPSA) is 32.3 Å². The van der Waals surface area contributed by atoms with Crippen molar-refractivity contribution < 1.29 is 9.18 Å². The third kappa shape index (κ3) is 3.86. The zero-order chi connectivity index (χ0) is 14.7. The molecule has 3 saturated heterocycles. The number of thioether (sulfide) groups is 1. The van der Waals surface area contributed by atoms with Gasteiger partial charge in [0.05, 0.1) is 0 Å². The molecule has 3 aliphatic rings. The molecule has 2 bridgehead atoms. The lowest BCUT2D eigenvalue weighted by Crippen LogP contribution is -2.57. The summed E-state index contributed by atoms with van der Waals surface area (Å²) in [6, 6.07) is 6.64. The summed E-state index contributed by atoms with van der Waals surface area (Å²) >= 11 is 1.35. The molecule has 3 heterocycles. The zero-order valence-corrected chi connectivity index (χ0v) is 12.6. The fourth-order valence-electron chi connectivity index (χ4n) is 3.07. The van der Waals surface area contributed by atoms with Crippen LogP contribution in [0.3, 0.4) is 0 Å². The second-order valence-electron chi connectivity index (χ2n) is 5.63. The molecule has 0 saturated carbocycles. The number of nitrogens with zero attached hydrogens (tertiary/aromatic N) is 1. The van der Waals surface area contributed by atoms with Crippen LogP contribution in [-0.2, 0) is 4.79 Å². The molecule has 1 aromatic rings. The van der Waals surface area contributed by atoms with Gasteiger partial charge in [0, 0.05) is 23.6 Å². The smallest absolute Gasteiger partial charge is 0.244 e. The Hall–Kier alpha value is -1.33. The number of rotatable bonds is 4. The van der Waals surface area contributed by atoms with Gasteiger partial charge in [0.25, 0.3) is 0 Å². The van der Waals surface area contributed by atoms with Gasteiger partial charge in [0.15, 0.2) is 0 Å². The van der Waals surface area contributed by atoms with Crippen LogP contribution in [0, 0.1) is 11.7 Å². The third-order valence-electron chi connectivity index (χ3n) is 4.20. The summed E-state index contributed by atoms with van der Waals surface area (Å²) in [5.41, 5.74) is 0. The average molecular weight is 306 g/mol. The van der Waals surface area contributed by atoms with Gasteiger partial charge < -0.3 is 10.2 Å². The number of halogens is 1. The number of carbonyl (C=O) groups excluding carboxylic acids is 1. The molecule has 3 nitrogen and oxygen atoms in total. The van der Waals surface area contributed by atoms with E-state index in [4.69, 9.17) is 0 Å². The van der Waals surface area contributed by atoms with E-state index in [9.17, 15) is 9.18 Å². The van der Waals surface area contributed by atoms with Crippen molar-refractivity contribution in [2.45, 2.75) is 23.8 Å². The quantitative estimate of drug-likeness (QED) is 0.685. The molecule has 1 amide bonds. The van der Waals surface area contributed by atoms with Crippen LogP contribution in [0.4, 0.5) is 4.39 Å². The Morgan fingerprint density at radius 1 is 1.38 bits per heavy atom. The first-order valence-electron chi connectivity index (χ1n) is 7.32. The summed E-state index contributed by atoms with van der Waals surface area (Å²) in [5.74, 6) is 0.311. The van der Waals surface area contributed by atoms with Gasteiger partial charge in [-0.3, -0.25) is 4.79 Å². The van der Waals surface area contributed by atoms with E-state index >= 15 is 0 Å². The summed E-state index contributed by atoms with van der Waals surface area (Å²) in [5, 5.41) is 4.81. The maximum Gasteiger partial charge on any atom is 0.244 e. The molecule has 1 N–H and O–H groups in total. The summed E-state index contributed by atoms with van der Waals surface area (Å²) < 4.78 is 13.0. The largest absolute Gasteiger partial charge is 0.348 e. The normalized spacial score (nSPS) is 28.0. The van der Waals surface area contributed by atoms with Gasteiger partial charge in [-0.05, 0) is 55.5 Å². The van der Waals surface area contributed by atoms with Crippen molar-refractivity contribution in [2.24, 2.45) is 5.92 Å². The van der Waals surface area contributed by atoms with Crippen molar-refractivity contribution >= 4 is 17.7 Å². The molecule has 112 valence electrons. The van der Waals surface area contributed by atoms with Gasteiger partial charge in [-0.25, -0.2) is 4.39 Å². The molecule has 0 unspecified atom stereocenters.